The Labute approximate surface area is 163 Å². The van der Waals surface area contributed by atoms with Crippen molar-refractivity contribution in [2.75, 3.05) is 26.7 Å². The van der Waals surface area contributed by atoms with E-state index in [1.54, 1.807) is 0 Å². The highest BCUT2D eigenvalue weighted by molar-refractivity contribution is 5.84. The minimum atomic E-state index is -2.78. The third-order valence-electron chi connectivity index (χ3n) is 4.41. The first-order valence-electron chi connectivity index (χ1n) is 9.09. The fourth-order valence-corrected chi connectivity index (χ4v) is 3.06. The molecule has 0 aromatic heterocycles. The highest BCUT2D eigenvalue weighted by Crippen LogP contribution is 2.26. The van der Waals surface area contributed by atoms with Crippen LogP contribution in [0.1, 0.15) is 18.4 Å². The molecule has 0 bridgehead atoms. The van der Waals surface area contributed by atoms with Crippen molar-refractivity contribution in [3.63, 3.8) is 0 Å². The predicted octanol–water partition coefficient (Wildman–Crippen LogP) is -0.0594. The minimum Gasteiger partial charge on any atom is -0.400 e. The van der Waals surface area contributed by atoms with Gasteiger partial charge in [-0.15, -0.1) is 0 Å². The third-order valence-corrected chi connectivity index (χ3v) is 4.41. The van der Waals surface area contributed by atoms with E-state index < -0.39 is 36.6 Å². The standard InChI is InChI=1S/C18H25F2N3O3.CH4O/c19-18(20)7-4-8-23(12-18)10-14(11-24)22-17(26)16(25)15(21)9-13-5-2-1-3-6-13;1-2/h1-3,5-6,11,14-16,25H,4,7-10,12,21H2,(H,22,26);2H,1H3/t14-,15?,16?;/m0./s1. The summed E-state index contributed by atoms with van der Waals surface area (Å²) in [7, 11) is 1.00. The van der Waals surface area contributed by atoms with Crippen molar-refractivity contribution in [3.05, 3.63) is 35.9 Å². The van der Waals surface area contributed by atoms with E-state index in [2.05, 4.69) is 5.32 Å². The van der Waals surface area contributed by atoms with Crippen molar-refractivity contribution >= 4 is 12.2 Å². The number of likely N-dealkylation sites (tertiary alicyclic amines) is 1. The van der Waals surface area contributed by atoms with Crippen molar-refractivity contribution in [2.24, 2.45) is 5.73 Å². The maximum atomic E-state index is 13.4. The Balaban J connectivity index is 0.00000190. The summed E-state index contributed by atoms with van der Waals surface area (Å²) in [6.07, 6.45) is -0.564. The molecule has 1 heterocycles. The molecule has 0 radical (unpaired) electrons. The summed E-state index contributed by atoms with van der Waals surface area (Å²) >= 11 is 0. The Bertz CT molecular complexity index is 604. The summed E-state index contributed by atoms with van der Waals surface area (Å²) in [5.41, 5.74) is 6.75. The highest BCUT2D eigenvalue weighted by atomic mass is 19.3. The van der Waals surface area contributed by atoms with Crippen LogP contribution in [-0.2, 0) is 16.0 Å². The fraction of sp³-hybridized carbons (Fsp3) is 0.579. The van der Waals surface area contributed by atoms with Gasteiger partial charge in [-0.05, 0) is 24.9 Å². The van der Waals surface area contributed by atoms with Crippen LogP contribution < -0.4 is 11.1 Å². The van der Waals surface area contributed by atoms with E-state index in [-0.39, 0.29) is 13.0 Å². The second-order valence-corrected chi connectivity index (χ2v) is 6.74. The predicted molar refractivity (Wildman–Crippen MR) is 101 cm³/mol. The molecule has 2 unspecified atom stereocenters. The van der Waals surface area contributed by atoms with Gasteiger partial charge in [0.05, 0.1) is 12.6 Å². The lowest BCUT2D eigenvalue weighted by atomic mass is 10.0. The third kappa shape index (κ3) is 7.97. The summed E-state index contributed by atoms with van der Waals surface area (Å²) in [6, 6.07) is 7.33. The quantitative estimate of drug-likeness (QED) is 0.454. The van der Waals surface area contributed by atoms with Crippen molar-refractivity contribution in [2.45, 2.75) is 43.4 Å². The molecule has 9 heteroatoms. The molecule has 1 aliphatic rings. The van der Waals surface area contributed by atoms with Crippen LogP contribution in [0.4, 0.5) is 8.78 Å². The molecule has 1 aliphatic heterocycles. The number of hydrogen-bond acceptors (Lipinski definition) is 6. The Hall–Kier alpha value is -1.94. The molecule has 0 saturated carbocycles. The molecule has 3 atom stereocenters. The number of halogens is 2. The number of hydrogen-bond donors (Lipinski definition) is 4. The number of nitrogens with one attached hydrogen (secondary N) is 1. The van der Waals surface area contributed by atoms with Crippen LogP contribution >= 0.6 is 0 Å². The van der Waals surface area contributed by atoms with Gasteiger partial charge in [-0.2, -0.15) is 0 Å². The molecule has 1 amide bonds. The Morgan fingerprint density at radius 3 is 2.57 bits per heavy atom. The maximum Gasteiger partial charge on any atom is 0.260 e. The zero-order chi connectivity index (χ0) is 21.2. The molecule has 2 rings (SSSR count). The number of benzene rings is 1. The van der Waals surface area contributed by atoms with E-state index in [0.29, 0.717) is 25.7 Å². The first kappa shape index (κ1) is 24.1. The monoisotopic (exact) mass is 401 g/mol. The zero-order valence-electron chi connectivity index (χ0n) is 15.9. The molecule has 0 spiro atoms. The summed E-state index contributed by atoms with van der Waals surface area (Å²) in [5, 5.41) is 19.5. The first-order valence-corrected chi connectivity index (χ1v) is 9.09. The Morgan fingerprint density at radius 1 is 1.36 bits per heavy atom. The lowest BCUT2D eigenvalue weighted by Gasteiger charge is -2.34. The van der Waals surface area contributed by atoms with E-state index >= 15 is 0 Å². The molecule has 0 aliphatic carbocycles. The van der Waals surface area contributed by atoms with Gasteiger partial charge in [-0.1, -0.05) is 30.3 Å². The number of nitrogens with zero attached hydrogens (tertiary/aromatic N) is 1. The molecule has 1 fully saturated rings. The van der Waals surface area contributed by atoms with Crippen LogP contribution in [0.25, 0.3) is 0 Å². The summed E-state index contributed by atoms with van der Waals surface area (Å²) in [5.74, 6) is -3.57. The van der Waals surface area contributed by atoms with Gasteiger partial charge in [0.2, 0.25) is 0 Å². The van der Waals surface area contributed by atoms with Crippen LogP contribution in [0.15, 0.2) is 30.3 Å². The Morgan fingerprint density at radius 2 is 2.00 bits per heavy atom. The van der Waals surface area contributed by atoms with Gasteiger partial charge in [0.1, 0.15) is 12.4 Å². The van der Waals surface area contributed by atoms with Crippen LogP contribution in [0, 0.1) is 0 Å². The van der Waals surface area contributed by atoms with Crippen molar-refractivity contribution < 1.29 is 28.6 Å². The van der Waals surface area contributed by atoms with Gasteiger partial charge < -0.3 is 26.1 Å². The number of piperidine rings is 1. The van der Waals surface area contributed by atoms with Crippen LogP contribution in [0.3, 0.4) is 0 Å². The molecule has 5 N–H and O–H groups in total. The van der Waals surface area contributed by atoms with Crippen LogP contribution in [-0.4, -0.2) is 78.2 Å². The number of nitrogens with two attached hydrogens (primary N) is 1. The minimum absolute atomic E-state index is 0.0223. The molecule has 7 nitrogen and oxygen atoms in total. The lowest BCUT2D eigenvalue weighted by Crippen LogP contribution is -2.54. The number of carbonyl (C=O) groups excluding carboxylic acids is 2. The van der Waals surface area contributed by atoms with E-state index in [1.165, 1.54) is 4.90 Å². The topological polar surface area (TPSA) is 116 Å². The van der Waals surface area contributed by atoms with Gasteiger partial charge in [0.15, 0.2) is 0 Å². The number of aliphatic hydroxyl groups excluding tert-OH is 2. The Kier molecular flexibility index (Phi) is 10.2. The molecule has 1 aromatic carbocycles. The van der Waals surface area contributed by atoms with Gasteiger partial charge in [-0.3, -0.25) is 9.69 Å². The smallest absolute Gasteiger partial charge is 0.260 e. The number of alkyl halides is 2. The zero-order valence-corrected chi connectivity index (χ0v) is 15.9. The summed E-state index contributed by atoms with van der Waals surface area (Å²) < 4.78 is 26.9. The van der Waals surface area contributed by atoms with Crippen LogP contribution in [0.5, 0.6) is 0 Å². The van der Waals surface area contributed by atoms with Gasteiger partial charge in [0, 0.05) is 26.1 Å². The number of carbonyl (C=O) groups is 2. The number of rotatable bonds is 8. The normalized spacial score (nSPS) is 19.5. The number of amides is 1. The van der Waals surface area contributed by atoms with E-state index in [0.717, 1.165) is 12.7 Å². The van der Waals surface area contributed by atoms with Crippen molar-refractivity contribution in [1.82, 2.24) is 10.2 Å². The largest absolute Gasteiger partial charge is 0.400 e. The second kappa shape index (κ2) is 11.8. The van der Waals surface area contributed by atoms with Gasteiger partial charge in [-0.25, -0.2) is 8.78 Å². The average Bonchev–Trinajstić information content (AvgIpc) is 2.68. The second-order valence-electron chi connectivity index (χ2n) is 6.74. The van der Waals surface area contributed by atoms with E-state index in [1.807, 2.05) is 30.3 Å². The van der Waals surface area contributed by atoms with Gasteiger partial charge >= 0.3 is 0 Å². The number of aldehydes is 1. The molecule has 1 aromatic rings. The van der Waals surface area contributed by atoms with E-state index in [9.17, 15) is 23.5 Å². The SMILES string of the molecule is CO.NC(Cc1ccccc1)C(O)C(=O)N[C@H](C=O)CN1CCCC(F)(F)C1. The summed E-state index contributed by atoms with van der Waals surface area (Å²) in [4.78, 5) is 24.8. The van der Waals surface area contributed by atoms with Gasteiger partial charge in [0.25, 0.3) is 11.8 Å². The summed E-state index contributed by atoms with van der Waals surface area (Å²) in [6.45, 7) is -0.0271. The average molecular weight is 401 g/mol. The molecular weight excluding hydrogens is 372 g/mol. The van der Waals surface area contributed by atoms with E-state index in [4.69, 9.17) is 10.8 Å². The number of aliphatic hydroxyl groups is 2. The van der Waals surface area contributed by atoms with Crippen molar-refractivity contribution in [3.8, 4) is 0 Å². The maximum absolute atomic E-state index is 13.4. The molecular formula is C19H29F2N3O4. The first-order chi connectivity index (χ1) is 13.3. The van der Waals surface area contributed by atoms with Crippen LogP contribution in [0.2, 0.25) is 0 Å². The fourth-order valence-electron chi connectivity index (χ4n) is 3.06. The molecule has 1 saturated heterocycles. The molecule has 28 heavy (non-hydrogen) atoms. The molecule has 158 valence electrons. The highest BCUT2D eigenvalue weighted by Gasteiger charge is 2.36. The lowest BCUT2D eigenvalue weighted by molar-refractivity contribution is -0.132. The van der Waals surface area contributed by atoms with Crippen molar-refractivity contribution in [1.29, 1.82) is 0 Å².